The van der Waals surface area contributed by atoms with Crippen molar-refractivity contribution in [3.05, 3.63) is 39.3 Å². The smallest absolute Gasteiger partial charge is 0.264 e. The van der Waals surface area contributed by atoms with Gasteiger partial charge in [0.05, 0.1) is 24.1 Å². The quantitative estimate of drug-likeness (QED) is 0.144. The first-order valence-corrected chi connectivity index (χ1v) is 15.0. The summed E-state index contributed by atoms with van der Waals surface area (Å²) in [6.45, 7) is 11.3. The van der Waals surface area contributed by atoms with Gasteiger partial charge in [0.25, 0.3) is 10.0 Å². The topological polar surface area (TPSA) is 182 Å². The van der Waals surface area contributed by atoms with Gasteiger partial charge in [-0.15, -0.1) is 11.3 Å². The Bertz CT molecular complexity index is 1260. The second-order valence-electron chi connectivity index (χ2n) is 10.8. The summed E-state index contributed by atoms with van der Waals surface area (Å²) in [5, 5.41) is 15.9. The summed E-state index contributed by atoms with van der Waals surface area (Å²) < 4.78 is 33.8. The van der Waals surface area contributed by atoms with Crippen molar-refractivity contribution in [3.63, 3.8) is 0 Å². The Kier molecular flexibility index (Phi) is 11.3. The Labute approximate surface area is 235 Å². The number of aliphatic imine (C=N–C) groups is 1. The van der Waals surface area contributed by atoms with E-state index in [0.717, 1.165) is 0 Å². The molecule has 0 saturated heterocycles. The number of carbonyl (C=O) groups excluding carboxylic acids is 1. The average Bonchev–Trinajstić information content (AvgIpc) is 3.36. The number of nitrogens with two attached hydrogens (primary N) is 2. The van der Waals surface area contributed by atoms with Gasteiger partial charge in [0, 0.05) is 18.1 Å². The van der Waals surface area contributed by atoms with Crippen LogP contribution in [-0.4, -0.2) is 56.1 Å². The van der Waals surface area contributed by atoms with Gasteiger partial charge in [-0.3, -0.25) is 9.79 Å². The maximum absolute atomic E-state index is 13.1. The van der Waals surface area contributed by atoms with Gasteiger partial charge in [0.15, 0.2) is 0 Å². The standard InChI is InChI=1S/C26H42N6O5S2/c1-15-13-20(37-7)16(2)17(3)22(15)39(35,36)32-25(28)30-10-8-9-19(21(33)24-29-11-12-38-24)31-23(34)18(27)14-26(4,5)6/h11-13,18-19,21,33H,8-10,14,27H2,1-7H3,(H,31,34)(H3,28,30,32)/t18-,19-,21?/m0/s1. The van der Waals surface area contributed by atoms with Crippen LogP contribution >= 0.6 is 11.3 Å². The number of methoxy groups -OCH3 is 1. The summed E-state index contributed by atoms with van der Waals surface area (Å²) >= 11 is 1.28. The summed E-state index contributed by atoms with van der Waals surface area (Å²) in [4.78, 5) is 21.2. The molecule has 0 fully saturated rings. The molecule has 0 aliphatic rings. The lowest BCUT2D eigenvalue weighted by Crippen LogP contribution is -2.48. The van der Waals surface area contributed by atoms with Crippen LogP contribution in [0.2, 0.25) is 0 Å². The molecule has 0 saturated carbocycles. The fourth-order valence-electron chi connectivity index (χ4n) is 4.28. The second-order valence-corrected chi connectivity index (χ2v) is 13.3. The van der Waals surface area contributed by atoms with E-state index < -0.39 is 28.2 Å². The summed E-state index contributed by atoms with van der Waals surface area (Å²) in [6.07, 6.45) is 1.78. The first-order chi connectivity index (χ1) is 18.1. The predicted molar refractivity (Wildman–Crippen MR) is 154 cm³/mol. The van der Waals surface area contributed by atoms with Crippen LogP contribution in [0.25, 0.3) is 0 Å². The molecule has 0 aliphatic carbocycles. The van der Waals surface area contributed by atoms with Crippen LogP contribution in [0.1, 0.15) is 67.8 Å². The van der Waals surface area contributed by atoms with Crippen molar-refractivity contribution in [2.45, 2.75) is 83.9 Å². The van der Waals surface area contributed by atoms with Crippen LogP contribution in [0.5, 0.6) is 5.75 Å². The number of rotatable bonds is 12. The average molecular weight is 583 g/mol. The van der Waals surface area contributed by atoms with Gasteiger partial charge in [0.2, 0.25) is 11.9 Å². The van der Waals surface area contributed by atoms with Gasteiger partial charge in [-0.1, -0.05) is 20.8 Å². The number of thiazole rings is 1. The second kappa shape index (κ2) is 13.6. The van der Waals surface area contributed by atoms with E-state index in [1.807, 2.05) is 20.8 Å². The van der Waals surface area contributed by atoms with Gasteiger partial charge in [0.1, 0.15) is 16.9 Å². The molecule has 1 unspecified atom stereocenters. The van der Waals surface area contributed by atoms with Crippen LogP contribution in [0, 0.1) is 26.2 Å². The molecule has 7 N–H and O–H groups in total. The molecule has 218 valence electrons. The minimum absolute atomic E-state index is 0.125. The Morgan fingerprint density at radius 2 is 1.92 bits per heavy atom. The van der Waals surface area contributed by atoms with E-state index in [2.05, 4.69) is 20.0 Å². The number of ether oxygens (including phenoxy) is 1. The van der Waals surface area contributed by atoms with Crippen LogP contribution < -0.4 is 26.2 Å². The lowest BCUT2D eigenvalue weighted by atomic mass is 9.88. The molecule has 1 amide bonds. The van der Waals surface area contributed by atoms with Gasteiger partial charge in [-0.2, -0.15) is 0 Å². The fraction of sp³-hybridized carbons (Fsp3) is 0.577. The summed E-state index contributed by atoms with van der Waals surface area (Å²) in [5.41, 5.74) is 13.7. The number of nitrogens with zero attached hydrogens (tertiary/aromatic N) is 2. The molecule has 1 heterocycles. The number of sulfonamides is 1. The predicted octanol–water partition coefficient (Wildman–Crippen LogP) is 2.43. The Morgan fingerprint density at radius 3 is 2.49 bits per heavy atom. The zero-order valence-corrected chi connectivity index (χ0v) is 25.4. The number of aryl methyl sites for hydroxylation is 1. The van der Waals surface area contributed by atoms with Gasteiger partial charge in [-0.25, -0.2) is 18.1 Å². The molecular formula is C26H42N6O5S2. The number of nitrogens with one attached hydrogen (secondary N) is 2. The molecule has 0 aliphatic heterocycles. The lowest BCUT2D eigenvalue weighted by molar-refractivity contribution is -0.124. The van der Waals surface area contributed by atoms with Gasteiger partial charge < -0.3 is 26.6 Å². The Hall–Kier alpha value is -2.74. The molecule has 2 aromatic rings. The van der Waals surface area contributed by atoms with Gasteiger partial charge >= 0.3 is 0 Å². The highest BCUT2D eigenvalue weighted by Crippen LogP contribution is 2.30. The largest absolute Gasteiger partial charge is 0.496 e. The number of amides is 1. The highest BCUT2D eigenvalue weighted by molar-refractivity contribution is 7.90. The van der Waals surface area contributed by atoms with E-state index in [-0.39, 0.29) is 28.7 Å². The number of benzene rings is 1. The number of guanidine groups is 1. The lowest BCUT2D eigenvalue weighted by Gasteiger charge is -2.27. The number of aliphatic hydroxyl groups is 1. The van der Waals surface area contributed by atoms with Crippen molar-refractivity contribution in [2.24, 2.45) is 21.9 Å². The van der Waals surface area contributed by atoms with E-state index in [9.17, 15) is 18.3 Å². The summed E-state index contributed by atoms with van der Waals surface area (Å²) in [7, 11) is -2.45. The molecule has 0 spiro atoms. The molecule has 3 atom stereocenters. The van der Waals surface area contributed by atoms with E-state index in [1.165, 1.54) is 18.4 Å². The molecule has 0 radical (unpaired) electrons. The molecule has 1 aromatic heterocycles. The number of carbonyl (C=O) groups is 1. The van der Waals surface area contributed by atoms with Crippen LogP contribution in [-0.2, 0) is 14.8 Å². The fourth-order valence-corrected chi connectivity index (χ4v) is 6.45. The molecule has 13 heteroatoms. The van der Waals surface area contributed by atoms with Crippen LogP contribution in [0.15, 0.2) is 27.5 Å². The Morgan fingerprint density at radius 1 is 1.26 bits per heavy atom. The third-order valence-electron chi connectivity index (χ3n) is 6.24. The highest BCUT2D eigenvalue weighted by atomic mass is 32.2. The van der Waals surface area contributed by atoms with Crippen molar-refractivity contribution in [1.82, 2.24) is 15.0 Å². The van der Waals surface area contributed by atoms with Crippen molar-refractivity contribution < 1.29 is 23.1 Å². The maximum atomic E-state index is 13.1. The molecule has 1 aromatic carbocycles. The molecule has 11 nitrogen and oxygen atoms in total. The van der Waals surface area contributed by atoms with Crippen LogP contribution in [0.3, 0.4) is 0 Å². The minimum atomic E-state index is -3.98. The zero-order chi connectivity index (χ0) is 29.5. The molecule has 2 rings (SSSR count). The summed E-state index contributed by atoms with van der Waals surface area (Å²) in [5.74, 6) is -0.0103. The number of hydrogen-bond donors (Lipinski definition) is 5. The monoisotopic (exact) mass is 582 g/mol. The first-order valence-electron chi connectivity index (χ1n) is 12.7. The van der Waals surface area contributed by atoms with Crippen molar-refractivity contribution in [1.29, 1.82) is 0 Å². The van der Waals surface area contributed by atoms with Crippen molar-refractivity contribution >= 4 is 33.2 Å². The van der Waals surface area contributed by atoms with E-state index in [1.54, 1.807) is 38.4 Å². The third kappa shape index (κ3) is 9.16. The van der Waals surface area contributed by atoms with Crippen LogP contribution in [0.4, 0.5) is 0 Å². The number of hydrogen-bond acceptors (Lipinski definition) is 9. The highest BCUT2D eigenvalue weighted by Gasteiger charge is 2.28. The normalized spacial score (nSPS) is 14.9. The zero-order valence-electron chi connectivity index (χ0n) is 23.7. The first kappa shape index (κ1) is 32.5. The minimum Gasteiger partial charge on any atom is -0.496 e. The van der Waals surface area contributed by atoms with Gasteiger partial charge in [-0.05, 0) is 68.2 Å². The van der Waals surface area contributed by atoms with Crippen molar-refractivity contribution in [2.75, 3.05) is 13.7 Å². The third-order valence-corrected chi connectivity index (χ3v) is 8.73. The van der Waals surface area contributed by atoms with E-state index >= 15 is 0 Å². The molecule has 39 heavy (non-hydrogen) atoms. The SMILES string of the molecule is COc1cc(C)c(S(=O)(=O)NC(N)=NCCC[C@H](NC(=O)[C@@H](N)CC(C)(C)C)C(O)c2nccs2)c(C)c1C. The Balaban J connectivity index is 2.09. The number of aromatic nitrogens is 1. The van der Waals surface area contributed by atoms with E-state index in [4.69, 9.17) is 16.2 Å². The maximum Gasteiger partial charge on any atom is 0.264 e. The molecule has 0 bridgehead atoms. The van der Waals surface area contributed by atoms with Crippen molar-refractivity contribution in [3.8, 4) is 5.75 Å². The van der Waals surface area contributed by atoms with E-state index in [0.29, 0.717) is 46.7 Å². The number of aliphatic hydroxyl groups excluding tert-OH is 1. The summed E-state index contributed by atoms with van der Waals surface area (Å²) in [6, 6.07) is 0.280. The molecular weight excluding hydrogens is 540 g/mol.